The molecule has 1 atom stereocenters. The number of hydrogen-bond acceptors (Lipinski definition) is 5. The number of benzene rings is 3. The smallest absolute Gasteiger partial charge is 0.258 e. The molecule has 1 aliphatic rings. The van der Waals surface area contributed by atoms with Crippen LogP contribution in [-0.4, -0.2) is 22.4 Å². The highest BCUT2D eigenvalue weighted by Gasteiger charge is 2.34. The van der Waals surface area contributed by atoms with Crippen LogP contribution in [0.4, 0.5) is 10.1 Å². The second kappa shape index (κ2) is 9.31. The Labute approximate surface area is 208 Å². The average Bonchev–Trinajstić information content (AvgIpc) is 3.35. The van der Waals surface area contributed by atoms with Gasteiger partial charge >= 0.3 is 0 Å². The van der Waals surface area contributed by atoms with E-state index < -0.39 is 0 Å². The van der Waals surface area contributed by atoms with Gasteiger partial charge in [0, 0.05) is 16.9 Å². The van der Waals surface area contributed by atoms with Crippen molar-refractivity contribution in [3.63, 3.8) is 0 Å². The highest BCUT2D eigenvalue weighted by molar-refractivity contribution is 7.80. The fraction of sp³-hybridized carbons (Fsp3) is 0.148. The molecule has 1 N–H and O–H groups in total. The quantitative estimate of drug-likeness (QED) is 0.344. The number of halogens is 1. The lowest BCUT2D eigenvalue weighted by Gasteiger charge is -2.37. The zero-order valence-corrected chi connectivity index (χ0v) is 20.3. The van der Waals surface area contributed by atoms with E-state index in [-0.39, 0.29) is 11.9 Å². The SMILES string of the molecule is COc1ccc(C2NC(=S)N(c3ccc(C)cc3)C(C)=C2c2nc(-c3ccc(F)cc3)no2)cc1. The van der Waals surface area contributed by atoms with E-state index in [1.807, 2.05) is 67.3 Å². The van der Waals surface area contributed by atoms with E-state index in [0.717, 1.165) is 33.8 Å². The third-order valence-corrected chi connectivity index (χ3v) is 6.29. The van der Waals surface area contributed by atoms with Crippen molar-refractivity contribution < 1.29 is 13.7 Å². The van der Waals surface area contributed by atoms with Crippen LogP contribution in [0.3, 0.4) is 0 Å². The van der Waals surface area contributed by atoms with E-state index in [1.165, 1.54) is 12.1 Å². The fourth-order valence-corrected chi connectivity index (χ4v) is 4.48. The Morgan fingerprint density at radius 3 is 2.31 bits per heavy atom. The van der Waals surface area contributed by atoms with Crippen LogP contribution in [0.1, 0.15) is 30.0 Å². The summed E-state index contributed by atoms with van der Waals surface area (Å²) in [7, 11) is 1.63. The number of aromatic nitrogens is 2. The molecule has 1 unspecified atom stereocenters. The first-order chi connectivity index (χ1) is 16.9. The number of nitrogens with one attached hydrogen (secondary N) is 1. The van der Waals surface area contributed by atoms with Gasteiger partial charge < -0.3 is 14.6 Å². The molecule has 35 heavy (non-hydrogen) atoms. The largest absolute Gasteiger partial charge is 0.497 e. The molecule has 1 aliphatic heterocycles. The lowest BCUT2D eigenvalue weighted by molar-refractivity contribution is 0.404. The van der Waals surface area contributed by atoms with Gasteiger partial charge in [-0.15, -0.1) is 0 Å². The Morgan fingerprint density at radius 1 is 0.971 bits per heavy atom. The highest BCUT2D eigenvalue weighted by Crippen LogP contribution is 2.39. The molecule has 0 saturated heterocycles. The Bertz CT molecular complexity index is 1400. The average molecular weight is 487 g/mol. The highest BCUT2D eigenvalue weighted by atomic mass is 32.1. The minimum Gasteiger partial charge on any atom is -0.497 e. The number of nitrogens with zero attached hydrogens (tertiary/aromatic N) is 3. The maximum Gasteiger partial charge on any atom is 0.258 e. The van der Waals surface area contributed by atoms with Crippen LogP contribution in [0.2, 0.25) is 0 Å². The van der Waals surface area contributed by atoms with E-state index in [0.29, 0.717) is 22.4 Å². The lowest BCUT2D eigenvalue weighted by Crippen LogP contribution is -2.46. The molecular weight excluding hydrogens is 463 g/mol. The van der Waals surface area contributed by atoms with Crippen molar-refractivity contribution in [2.45, 2.75) is 19.9 Å². The van der Waals surface area contributed by atoms with Gasteiger partial charge in [0.15, 0.2) is 5.11 Å². The second-order valence-electron chi connectivity index (χ2n) is 8.26. The molecule has 0 radical (unpaired) electrons. The molecular formula is C27H23FN4O2S. The van der Waals surface area contributed by atoms with Gasteiger partial charge in [0.25, 0.3) is 5.89 Å². The number of hydrogen-bond donors (Lipinski definition) is 1. The number of aryl methyl sites for hydroxylation is 1. The van der Waals surface area contributed by atoms with Crippen LogP contribution in [0.15, 0.2) is 83.0 Å². The minimum atomic E-state index is -0.325. The van der Waals surface area contributed by atoms with Crippen molar-refractivity contribution in [1.82, 2.24) is 15.5 Å². The summed E-state index contributed by atoms with van der Waals surface area (Å²) in [6.07, 6.45) is 0. The van der Waals surface area contributed by atoms with Crippen molar-refractivity contribution in [1.29, 1.82) is 0 Å². The van der Waals surface area contributed by atoms with Gasteiger partial charge in [0.05, 0.1) is 18.7 Å². The number of methoxy groups -OCH3 is 1. The van der Waals surface area contributed by atoms with Crippen molar-refractivity contribution in [3.8, 4) is 17.1 Å². The Morgan fingerprint density at radius 2 is 1.66 bits per heavy atom. The standard InChI is InChI=1S/C27H23FN4O2S/c1-16-4-12-21(13-5-16)32-17(2)23(24(29-27(32)35)18-8-14-22(33-3)15-9-18)26-30-25(31-34-26)19-6-10-20(28)11-7-19/h4-15,24H,1-3H3,(H,29,35). The Hall–Kier alpha value is -4.04. The first-order valence-electron chi connectivity index (χ1n) is 11.1. The monoisotopic (exact) mass is 486 g/mol. The van der Waals surface area contributed by atoms with E-state index in [1.54, 1.807) is 19.2 Å². The predicted octanol–water partition coefficient (Wildman–Crippen LogP) is 6.06. The summed E-state index contributed by atoms with van der Waals surface area (Å²) in [5.74, 6) is 1.17. The summed E-state index contributed by atoms with van der Waals surface area (Å²) in [5.41, 5.74) is 5.37. The predicted molar refractivity (Wildman–Crippen MR) is 137 cm³/mol. The second-order valence-corrected chi connectivity index (χ2v) is 8.64. The summed E-state index contributed by atoms with van der Waals surface area (Å²) in [5, 5.41) is 8.18. The molecule has 0 fully saturated rings. The van der Waals surface area contributed by atoms with Crippen molar-refractivity contribution in [2.24, 2.45) is 0 Å². The number of rotatable bonds is 5. The van der Waals surface area contributed by atoms with Gasteiger partial charge in [0.2, 0.25) is 5.82 Å². The maximum atomic E-state index is 13.4. The number of ether oxygens (including phenoxy) is 1. The molecule has 6 nitrogen and oxygen atoms in total. The van der Waals surface area contributed by atoms with Gasteiger partial charge in [0.1, 0.15) is 11.6 Å². The van der Waals surface area contributed by atoms with E-state index >= 15 is 0 Å². The molecule has 8 heteroatoms. The molecule has 0 spiro atoms. The first kappa shape index (κ1) is 22.7. The van der Waals surface area contributed by atoms with E-state index in [4.69, 9.17) is 21.5 Å². The molecule has 0 aliphatic carbocycles. The van der Waals surface area contributed by atoms with E-state index in [2.05, 4.69) is 15.5 Å². The zero-order chi connectivity index (χ0) is 24.5. The molecule has 0 amide bonds. The van der Waals surface area contributed by atoms with Crippen LogP contribution < -0.4 is 15.0 Å². The van der Waals surface area contributed by atoms with Gasteiger partial charge in [-0.05, 0) is 80.2 Å². The van der Waals surface area contributed by atoms with E-state index in [9.17, 15) is 4.39 Å². The molecule has 4 aromatic rings. The Kier molecular flexibility index (Phi) is 6.05. The van der Waals surface area contributed by atoms with Crippen LogP contribution in [0, 0.1) is 12.7 Å². The third-order valence-electron chi connectivity index (χ3n) is 5.98. The normalized spacial score (nSPS) is 15.8. The van der Waals surface area contributed by atoms with Crippen LogP contribution in [0.5, 0.6) is 5.75 Å². The molecule has 2 heterocycles. The van der Waals surface area contributed by atoms with Crippen molar-refractivity contribution >= 4 is 28.6 Å². The van der Waals surface area contributed by atoms with Crippen LogP contribution in [-0.2, 0) is 0 Å². The Balaban J connectivity index is 1.63. The zero-order valence-electron chi connectivity index (χ0n) is 19.4. The van der Waals surface area contributed by atoms with Crippen LogP contribution in [0.25, 0.3) is 17.0 Å². The van der Waals surface area contributed by atoms with Gasteiger partial charge in [-0.2, -0.15) is 4.98 Å². The van der Waals surface area contributed by atoms with Gasteiger partial charge in [-0.25, -0.2) is 4.39 Å². The molecule has 1 aromatic heterocycles. The van der Waals surface area contributed by atoms with Crippen molar-refractivity contribution in [3.05, 3.63) is 101 Å². The molecule has 3 aromatic carbocycles. The van der Waals surface area contributed by atoms with Crippen LogP contribution >= 0.6 is 12.2 Å². The summed E-state index contributed by atoms with van der Waals surface area (Å²) < 4.78 is 24.5. The summed E-state index contributed by atoms with van der Waals surface area (Å²) in [4.78, 5) is 6.63. The van der Waals surface area contributed by atoms with Gasteiger partial charge in [-0.1, -0.05) is 35.0 Å². The van der Waals surface area contributed by atoms with Gasteiger partial charge in [-0.3, -0.25) is 4.90 Å². The van der Waals surface area contributed by atoms with Crippen molar-refractivity contribution in [2.75, 3.05) is 12.0 Å². The topological polar surface area (TPSA) is 63.4 Å². The molecule has 176 valence electrons. The number of anilines is 1. The molecule has 0 saturated carbocycles. The summed E-state index contributed by atoms with van der Waals surface area (Å²) >= 11 is 5.80. The fourth-order valence-electron chi connectivity index (χ4n) is 4.12. The molecule has 5 rings (SSSR count). The number of thiocarbonyl (C=S) groups is 1. The number of allylic oxidation sites excluding steroid dienone is 1. The third kappa shape index (κ3) is 4.40. The summed E-state index contributed by atoms with van der Waals surface area (Å²) in [6, 6.07) is 21.6. The maximum absolute atomic E-state index is 13.4. The minimum absolute atomic E-state index is 0.323. The molecule has 0 bridgehead atoms. The lowest BCUT2D eigenvalue weighted by atomic mass is 9.94. The first-order valence-corrected chi connectivity index (χ1v) is 11.5. The summed E-state index contributed by atoms with van der Waals surface area (Å²) in [6.45, 7) is 4.03.